The van der Waals surface area contributed by atoms with E-state index in [0.29, 0.717) is 16.9 Å². The summed E-state index contributed by atoms with van der Waals surface area (Å²) in [5.74, 6) is 0.195. The van der Waals surface area contributed by atoms with E-state index in [2.05, 4.69) is 9.97 Å². The average molecular weight is 401 g/mol. The summed E-state index contributed by atoms with van der Waals surface area (Å²) in [6, 6.07) is 13.0. The zero-order chi connectivity index (χ0) is 20.7. The second kappa shape index (κ2) is 7.37. The molecule has 2 aromatic heterocycles. The highest BCUT2D eigenvalue weighted by atomic mass is 19.1. The smallest absolute Gasteiger partial charge is 0.262 e. The van der Waals surface area contributed by atoms with Gasteiger partial charge >= 0.3 is 0 Å². The monoisotopic (exact) mass is 401 g/mol. The van der Waals surface area contributed by atoms with Gasteiger partial charge in [0.1, 0.15) is 5.82 Å². The van der Waals surface area contributed by atoms with Gasteiger partial charge in [0.05, 0.1) is 5.69 Å². The summed E-state index contributed by atoms with van der Waals surface area (Å²) in [6.45, 7) is 0. The summed E-state index contributed by atoms with van der Waals surface area (Å²) in [6.07, 6.45) is 6.93. The summed E-state index contributed by atoms with van der Waals surface area (Å²) < 4.78 is 14.7. The zero-order valence-corrected chi connectivity index (χ0v) is 16.3. The van der Waals surface area contributed by atoms with Crippen LogP contribution in [-0.2, 0) is 12.8 Å². The van der Waals surface area contributed by atoms with Crippen molar-refractivity contribution < 1.29 is 9.18 Å². The second-order valence-electron chi connectivity index (χ2n) is 7.76. The Labute approximate surface area is 172 Å². The van der Waals surface area contributed by atoms with E-state index in [0.717, 1.165) is 42.5 Å². The molecule has 0 aliphatic heterocycles. The summed E-state index contributed by atoms with van der Waals surface area (Å²) in [5, 5.41) is 0. The van der Waals surface area contributed by atoms with E-state index < -0.39 is 0 Å². The molecule has 0 saturated heterocycles. The van der Waals surface area contributed by atoms with Crippen LogP contribution >= 0.6 is 0 Å². The molecule has 5 nitrogen and oxygen atoms in total. The van der Waals surface area contributed by atoms with Gasteiger partial charge in [0.25, 0.3) is 5.56 Å². The minimum absolute atomic E-state index is 0.00376. The van der Waals surface area contributed by atoms with Crippen molar-refractivity contribution in [2.45, 2.75) is 31.6 Å². The molecule has 1 unspecified atom stereocenters. The molecule has 0 saturated carbocycles. The van der Waals surface area contributed by atoms with Crippen molar-refractivity contribution in [3.8, 4) is 0 Å². The number of carbonyl (C=O) groups excluding carboxylic acids is 1. The number of fused-ring (bicyclic) bond motifs is 2. The Balaban J connectivity index is 1.40. The number of carbonyl (C=O) groups is 1. The van der Waals surface area contributed by atoms with Crippen LogP contribution in [0.15, 0.2) is 65.7 Å². The molecule has 1 N–H and O–H groups in total. The molecule has 30 heavy (non-hydrogen) atoms. The van der Waals surface area contributed by atoms with Gasteiger partial charge in [0, 0.05) is 29.1 Å². The maximum Gasteiger partial charge on any atom is 0.262 e. The van der Waals surface area contributed by atoms with Crippen molar-refractivity contribution in [1.82, 2.24) is 14.4 Å². The number of H-pyrrole nitrogens is 1. The third kappa shape index (κ3) is 3.24. The summed E-state index contributed by atoms with van der Waals surface area (Å²) >= 11 is 0. The van der Waals surface area contributed by atoms with Crippen molar-refractivity contribution >= 4 is 11.6 Å². The number of hydrogen-bond acceptors (Lipinski definition) is 3. The number of nitrogens with zero attached hydrogens (tertiary/aromatic N) is 2. The van der Waals surface area contributed by atoms with E-state index in [1.165, 1.54) is 24.3 Å². The molecular formula is C24H20FN3O2. The minimum atomic E-state index is -0.364. The first-order chi connectivity index (χ1) is 14.6. The van der Waals surface area contributed by atoms with Crippen LogP contribution in [0.4, 0.5) is 4.39 Å². The van der Waals surface area contributed by atoms with Gasteiger partial charge in [-0.2, -0.15) is 0 Å². The van der Waals surface area contributed by atoms with Gasteiger partial charge in [-0.25, -0.2) is 9.37 Å². The van der Waals surface area contributed by atoms with Crippen LogP contribution in [0, 0.1) is 5.82 Å². The number of ketones is 1. The number of nitrogens with one attached hydrogen (secondary N) is 1. The fourth-order valence-corrected chi connectivity index (χ4v) is 4.33. The average Bonchev–Trinajstić information content (AvgIpc) is 3.23. The Morgan fingerprint density at radius 2 is 1.80 bits per heavy atom. The fraction of sp³-hybridized carbons (Fsp3) is 0.208. The zero-order valence-electron chi connectivity index (χ0n) is 16.3. The Morgan fingerprint density at radius 1 is 1.10 bits per heavy atom. The molecule has 0 fully saturated rings. The Morgan fingerprint density at radius 3 is 2.53 bits per heavy atom. The van der Waals surface area contributed by atoms with E-state index in [9.17, 15) is 14.0 Å². The van der Waals surface area contributed by atoms with Gasteiger partial charge in [-0.05, 0) is 61.4 Å². The van der Waals surface area contributed by atoms with Crippen LogP contribution < -0.4 is 5.56 Å². The number of aromatic nitrogens is 3. The number of hydrogen-bond donors (Lipinski definition) is 1. The van der Waals surface area contributed by atoms with Crippen molar-refractivity contribution in [3.05, 3.63) is 105 Å². The number of imidazole rings is 1. The molecule has 5 rings (SSSR count). The van der Waals surface area contributed by atoms with Gasteiger partial charge < -0.3 is 4.98 Å². The quantitative estimate of drug-likeness (QED) is 0.525. The Hall–Kier alpha value is -3.54. The third-order valence-electron chi connectivity index (χ3n) is 5.84. The van der Waals surface area contributed by atoms with E-state index >= 15 is 0 Å². The van der Waals surface area contributed by atoms with Crippen molar-refractivity contribution in [1.29, 1.82) is 0 Å². The fourth-order valence-electron chi connectivity index (χ4n) is 4.33. The molecule has 0 bridgehead atoms. The predicted octanol–water partition coefficient (Wildman–Crippen LogP) is 4.06. The van der Waals surface area contributed by atoms with Crippen LogP contribution in [0.5, 0.6) is 0 Å². The first-order valence-electron chi connectivity index (χ1n) is 10.1. The number of halogens is 1. The number of rotatable bonds is 4. The van der Waals surface area contributed by atoms with Gasteiger partial charge in [0.2, 0.25) is 5.78 Å². The maximum atomic E-state index is 13.1. The van der Waals surface area contributed by atoms with Crippen molar-refractivity contribution in [2.24, 2.45) is 0 Å². The highest BCUT2D eigenvalue weighted by molar-refractivity contribution is 6.08. The normalized spacial score (nSPS) is 15.8. The first kappa shape index (κ1) is 18.5. The molecule has 0 amide bonds. The van der Waals surface area contributed by atoms with Crippen LogP contribution in [0.2, 0.25) is 0 Å². The van der Waals surface area contributed by atoms with Gasteiger partial charge in [0.15, 0.2) is 5.78 Å². The number of aromatic amines is 1. The lowest BCUT2D eigenvalue weighted by molar-refractivity contribution is 0.103. The van der Waals surface area contributed by atoms with E-state index in [4.69, 9.17) is 0 Å². The van der Waals surface area contributed by atoms with Gasteiger partial charge in [-0.1, -0.05) is 24.3 Å². The highest BCUT2D eigenvalue weighted by Crippen LogP contribution is 2.31. The van der Waals surface area contributed by atoms with E-state index in [-0.39, 0.29) is 23.1 Å². The van der Waals surface area contributed by atoms with Gasteiger partial charge in [-0.15, -0.1) is 0 Å². The first-order valence-corrected chi connectivity index (χ1v) is 10.1. The molecule has 1 atom stereocenters. The lowest BCUT2D eigenvalue weighted by atomic mass is 9.82. The molecule has 6 heteroatoms. The molecule has 1 aliphatic carbocycles. The molecule has 150 valence electrons. The molecule has 2 aromatic carbocycles. The largest absolute Gasteiger partial charge is 0.330 e. The van der Waals surface area contributed by atoms with Crippen molar-refractivity contribution in [2.75, 3.05) is 0 Å². The van der Waals surface area contributed by atoms with Crippen LogP contribution in [0.1, 0.15) is 51.5 Å². The lowest BCUT2D eigenvalue weighted by Gasteiger charge is -2.24. The van der Waals surface area contributed by atoms with Crippen LogP contribution in [0.25, 0.3) is 5.78 Å². The summed E-state index contributed by atoms with van der Waals surface area (Å²) in [7, 11) is 0. The molecule has 2 heterocycles. The number of aryl methyl sites for hydroxylation is 1. The predicted molar refractivity (Wildman–Crippen MR) is 111 cm³/mol. The minimum Gasteiger partial charge on any atom is -0.330 e. The van der Waals surface area contributed by atoms with Gasteiger partial charge in [-0.3, -0.25) is 14.0 Å². The molecule has 1 aliphatic rings. The highest BCUT2D eigenvalue weighted by Gasteiger charge is 2.26. The molecule has 0 radical (unpaired) electrons. The lowest BCUT2D eigenvalue weighted by Crippen LogP contribution is -2.27. The summed E-state index contributed by atoms with van der Waals surface area (Å²) in [4.78, 5) is 33.2. The SMILES string of the molecule is O=C(c1ccc(F)cc1)c1ccc(CC2CCCc3nc4[nH]ccn4c(=O)c32)cc1. The van der Waals surface area contributed by atoms with Crippen LogP contribution in [-0.4, -0.2) is 20.2 Å². The van der Waals surface area contributed by atoms with E-state index in [1.54, 1.807) is 28.9 Å². The van der Waals surface area contributed by atoms with Crippen molar-refractivity contribution in [3.63, 3.8) is 0 Å². The van der Waals surface area contributed by atoms with E-state index in [1.807, 2.05) is 12.1 Å². The molecule has 4 aromatic rings. The summed E-state index contributed by atoms with van der Waals surface area (Å²) in [5.41, 5.74) is 3.79. The number of benzene rings is 2. The third-order valence-corrected chi connectivity index (χ3v) is 5.84. The standard InChI is InChI=1S/C24H20FN3O2/c25-19-10-8-17(9-11-19)22(29)16-6-4-15(5-7-16)14-18-2-1-3-20-21(18)23(30)28-13-12-26-24(28)27-20/h4-13,18H,1-3,14H2,(H,26,27). The molecule has 0 spiro atoms. The Bertz CT molecular complexity index is 1290. The maximum absolute atomic E-state index is 13.1. The Kier molecular flexibility index (Phi) is 4.54. The topological polar surface area (TPSA) is 67.2 Å². The second-order valence-corrected chi connectivity index (χ2v) is 7.76. The van der Waals surface area contributed by atoms with Crippen LogP contribution in [0.3, 0.4) is 0 Å². The molecular weight excluding hydrogens is 381 g/mol.